The van der Waals surface area contributed by atoms with E-state index < -0.39 is 0 Å². The van der Waals surface area contributed by atoms with Crippen molar-refractivity contribution in [2.24, 2.45) is 0 Å². The lowest BCUT2D eigenvalue weighted by Crippen LogP contribution is -2.09. The molecule has 0 bridgehead atoms. The number of methoxy groups -OCH3 is 1. The van der Waals surface area contributed by atoms with Crippen LogP contribution in [0.25, 0.3) is 16.5 Å². The molecule has 1 aliphatic rings. The summed E-state index contributed by atoms with van der Waals surface area (Å²) in [5.41, 5.74) is 0.0847. The number of carbonyl (C=O) groups is 2. The van der Waals surface area contributed by atoms with Crippen molar-refractivity contribution >= 4 is 28.1 Å². The first-order chi connectivity index (χ1) is 10.1. The minimum absolute atomic E-state index is 0.0726. The van der Waals surface area contributed by atoms with E-state index in [1.807, 2.05) is 0 Å². The topological polar surface area (TPSA) is 73.6 Å². The molecule has 1 aromatic carbocycles. The van der Waals surface area contributed by atoms with Crippen LogP contribution in [0.15, 0.2) is 51.7 Å². The highest BCUT2D eigenvalue weighted by Gasteiger charge is 2.19. The summed E-state index contributed by atoms with van der Waals surface area (Å²) in [6.07, 6.45) is 3.49. The molecule has 0 N–H and O–H groups in total. The van der Waals surface area contributed by atoms with Gasteiger partial charge in [-0.2, -0.15) is 0 Å². The summed E-state index contributed by atoms with van der Waals surface area (Å²) in [6.45, 7) is 0. The number of rotatable bonds is 2. The van der Waals surface area contributed by atoms with Crippen LogP contribution in [-0.2, 0) is 9.59 Å². The maximum absolute atomic E-state index is 12.1. The summed E-state index contributed by atoms with van der Waals surface area (Å²) < 4.78 is 10.7. The van der Waals surface area contributed by atoms with Gasteiger partial charge in [0.1, 0.15) is 17.1 Å². The lowest BCUT2D eigenvalue weighted by atomic mass is 10.0. The number of fused-ring (bicyclic) bond motifs is 1. The molecule has 0 spiro atoms. The molecule has 1 aliphatic carbocycles. The molecule has 2 aromatic rings. The monoisotopic (exact) mass is 282 g/mol. The molecule has 0 aliphatic heterocycles. The largest absolute Gasteiger partial charge is 0.497 e. The van der Waals surface area contributed by atoms with Crippen molar-refractivity contribution < 1.29 is 18.7 Å². The predicted octanol–water partition coefficient (Wildman–Crippen LogP) is 1.89. The maximum atomic E-state index is 12.1. The Bertz CT molecular complexity index is 883. The van der Waals surface area contributed by atoms with Crippen molar-refractivity contribution in [3.8, 4) is 5.75 Å². The smallest absolute Gasteiger partial charge is 0.193 e. The van der Waals surface area contributed by atoms with E-state index in [2.05, 4.69) is 0 Å². The van der Waals surface area contributed by atoms with Crippen LogP contribution in [0.1, 0.15) is 5.76 Å². The zero-order valence-electron chi connectivity index (χ0n) is 11.1. The summed E-state index contributed by atoms with van der Waals surface area (Å²) in [5, 5.41) is 0.380. The van der Waals surface area contributed by atoms with Crippen LogP contribution in [0, 0.1) is 0 Å². The summed E-state index contributed by atoms with van der Waals surface area (Å²) in [6, 6.07) is 6.01. The molecule has 1 heterocycles. The molecule has 0 saturated carbocycles. The summed E-state index contributed by atoms with van der Waals surface area (Å²) in [7, 11) is 1.50. The van der Waals surface area contributed by atoms with Crippen LogP contribution >= 0.6 is 0 Å². The molecule has 0 saturated heterocycles. The van der Waals surface area contributed by atoms with E-state index in [0.29, 0.717) is 16.7 Å². The van der Waals surface area contributed by atoms with Gasteiger partial charge >= 0.3 is 0 Å². The molecule has 0 unspecified atom stereocenters. The van der Waals surface area contributed by atoms with Crippen molar-refractivity contribution in [2.75, 3.05) is 7.11 Å². The first-order valence-corrected chi connectivity index (χ1v) is 6.19. The molecule has 0 fully saturated rings. The van der Waals surface area contributed by atoms with Crippen LogP contribution in [0.4, 0.5) is 0 Å². The number of ketones is 2. The van der Waals surface area contributed by atoms with Gasteiger partial charge in [0.2, 0.25) is 0 Å². The molecular formula is C16H10O5. The molecule has 104 valence electrons. The van der Waals surface area contributed by atoms with Gasteiger partial charge in [0.15, 0.2) is 17.0 Å². The van der Waals surface area contributed by atoms with Gasteiger partial charge in [0.25, 0.3) is 0 Å². The second-order valence-corrected chi connectivity index (χ2v) is 4.49. The lowest BCUT2D eigenvalue weighted by molar-refractivity contribution is -0.113. The van der Waals surface area contributed by atoms with E-state index >= 15 is 0 Å². The average molecular weight is 282 g/mol. The van der Waals surface area contributed by atoms with E-state index in [-0.39, 0.29) is 28.3 Å². The van der Waals surface area contributed by atoms with E-state index in [4.69, 9.17) is 9.15 Å². The number of carbonyl (C=O) groups excluding carboxylic acids is 2. The first kappa shape index (κ1) is 13.1. The third-order valence-corrected chi connectivity index (χ3v) is 3.15. The van der Waals surface area contributed by atoms with Crippen LogP contribution in [0.2, 0.25) is 0 Å². The van der Waals surface area contributed by atoms with Gasteiger partial charge in [-0.1, -0.05) is 0 Å². The van der Waals surface area contributed by atoms with E-state index in [1.54, 1.807) is 18.2 Å². The third-order valence-electron chi connectivity index (χ3n) is 3.15. The van der Waals surface area contributed by atoms with E-state index in [9.17, 15) is 14.4 Å². The number of hydrogen-bond acceptors (Lipinski definition) is 5. The van der Waals surface area contributed by atoms with Crippen molar-refractivity contribution in [3.05, 3.63) is 58.5 Å². The van der Waals surface area contributed by atoms with E-state index in [1.165, 1.54) is 19.3 Å². The number of allylic oxidation sites excluding steroid dienone is 4. The summed E-state index contributed by atoms with van der Waals surface area (Å²) in [4.78, 5) is 35.3. The van der Waals surface area contributed by atoms with Crippen molar-refractivity contribution in [1.29, 1.82) is 0 Å². The number of hydrogen-bond donors (Lipinski definition) is 0. The Labute approximate surface area is 119 Å². The first-order valence-electron chi connectivity index (χ1n) is 6.19. The van der Waals surface area contributed by atoms with Crippen LogP contribution < -0.4 is 10.2 Å². The molecule has 3 rings (SSSR count). The van der Waals surface area contributed by atoms with Crippen LogP contribution in [0.5, 0.6) is 5.75 Å². The average Bonchev–Trinajstić information content (AvgIpc) is 2.49. The van der Waals surface area contributed by atoms with Gasteiger partial charge in [-0.15, -0.1) is 0 Å². The fourth-order valence-electron chi connectivity index (χ4n) is 2.10. The molecule has 5 nitrogen and oxygen atoms in total. The minimum atomic E-state index is -0.375. The Kier molecular flexibility index (Phi) is 3.02. The van der Waals surface area contributed by atoms with Gasteiger partial charge in [0, 0.05) is 18.2 Å². The third kappa shape index (κ3) is 2.29. The lowest BCUT2D eigenvalue weighted by Gasteiger charge is -2.07. The highest BCUT2D eigenvalue weighted by Crippen LogP contribution is 2.24. The molecule has 0 radical (unpaired) electrons. The Morgan fingerprint density at radius 1 is 1.05 bits per heavy atom. The number of ether oxygens (including phenoxy) is 1. The molecular weight excluding hydrogens is 272 g/mol. The standard InChI is InChI=1S/C16H10O5/c1-20-10-3-4-11-14(19)8-16(21-15(11)7-10)12-6-9(17)2-5-13(12)18/h2-8H,1H3. The highest BCUT2D eigenvalue weighted by molar-refractivity contribution is 6.33. The minimum Gasteiger partial charge on any atom is -0.497 e. The van der Waals surface area contributed by atoms with Crippen molar-refractivity contribution in [3.63, 3.8) is 0 Å². The van der Waals surface area contributed by atoms with Crippen LogP contribution in [-0.4, -0.2) is 18.7 Å². The Morgan fingerprint density at radius 2 is 1.86 bits per heavy atom. The van der Waals surface area contributed by atoms with Crippen molar-refractivity contribution in [1.82, 2.24) is 0 Å². The molecule has 1 aromatic heterocycles. The molecule has 21 heavy (non-hydrogen) atoms. The van der Waals surface area contributed by atoms with Gasteiger partial charge < -0.3 is 9.15 Å². The van der Waals surface area contributed by atoms with Crippen molar-refractivity contribution in [2.45, 2.75) is 0 Å². The second kappa shape index (κ2) is 4.86. The number of benzene rings is 1. The maximum Gasteiger partial charge on any atom is 0.193 e. The van der Waals surface area contributed by atoms with E-state index in [0.717, 1.165) is 12.2 Å². The zero-order valence-corrected chi connectivity index (χ0v) is 11.1. The Hall–Kier alpha value is -2.95. The Balaban J connectivity index is 2.22. The fraction of sp³-hybridized carbons (Fsp3) is 0.0625. The quantitative estimate of drug-likeness (QED) is 0.786. The second-order valence-electron chi connectivity index (χ2n) is 4.49. The normalized spacial score (nSPS) is 14.4. The fourth-order valence-corrected chi connectivity index (χ4v) is 2.10. The Morgan fingerprint density at radius 3 is 2.62 bits per heavy atom. The van der Waals surface area contributed by atoms with Gasteiger partial charge in [-0.25, -0.2) is 0 Å². The SMILES string of the molecule is COc1ccc2c(=O)cc(C3=CC(=O)C=CC3=O)oc2c1. The van der Waals surface area contributed by atoms with Gasteiger partial charge in [-0.3, -0.25) is 14.4 Å². The molecule has 0 atom stereocenters. The predicted molar refractivity (Wildman–Crippen MR) is 76.2 cm³/mol. The zero-order chi connectivity index (χ0) is 15.0. The van der Waals surface area contributed by atoms with Gasteiger partial charge in [-0.05, 0) is 24.3 Å². The summed E-state index contributed by atoms with van der Waals surface area (Å²) in [5.74, 6) is -0.0934. The highest BCUT2D eigenvalue weighted by atomic mass is 16.5. The molecule has 0 amide bonds. The van der Waals surface area contributed by atoms with Crippen LogP contribution in [0.3, 0.4) is 0 Å². The van der Waals surface area contributed by atoms with Gasteiger partial charge in [0.05, 0.1) is 18.1 Å². The molecule has 5 heteroatoms. The summed E-state index contributed by atoms with van der Waals surface area (Å²) >= 11 is 0.